The molecule has 0 bridgehead atoms. The van der Waals surface area contributed by atoms with Gasteiger partial charge >= 0.3 is 0 Å². The van der Waals surface area contributed by atoms with Crippen molar-refractivity contribution in [1.82, 2.24) is 5.32 Å². The highest BCUT2D eigenvalue weighted by Crippen LogP contribution is 2.21. The summed E-state index contributed by atoms with van der Waals surface area (Å²) in [7, 11) is 0. The van der Waals surface area contributed by atoms with E-state index in [1.165, 1.54) is 49.9 Å². The third kappa shape index (κ3) is 4.70. The highest BCUT2D eigenvalue weighted by Gasteiger charge is 2.14. The predicted molar refractivity (Wildman–Crippen MR) is 82.6 cm³/mol. The third-order valence-corrected chi connectivity index (χ3v) is 3.76. The molecule has 0 spiro atoms. The highest BCUT2D eigenvalue weighted by molar-refractivity contribution is 5.83. The maximum Gasteiger partial charge on any atom is 0.0968 e. The monoisotopic (exact) mass is 258 g/mol. The van der Waals surface area contributed by atoms with Gasteiger partial charge in [-0.25, -0.2) is 0 Å². The van der Waals surface area contributed by atoms with Crippen molar-refractivity contribution >= 4 is 5.84 Å². The lowest BCUT2D eigenvalue weighted by atomic mass is 10.00. The van der Waals surface area contributed by atoms with E-state index in [0.29, 0.717) is 6.04 Å². The van der Waals surface area contributed by atoms with Gasteiger partial charge in [-0.1, -0.05) is 62.9 Å². The standard InChI is InChI=1S/C17H26N2/c1-2-3-4-8-12-16(15-10-6-5-7-11-15)19-17-13-9-14-18-17/h5-7,10-11,16H,2-4,8-9,12-14H2,1H3,(H,18,19). The van der Waals surface area contributed by atoms with Gasteiger partial charge in [-0.2, -0.15) is 0 Å². The van der Waals surface area contributed by atoms with Gasteiger partial charge in [0.05, 0.1) is 11.9 Å². The zero-order valence-corrected chi connectivity index (χ0v) is 12.1. The maximum absolute atomic E-state index is 4.55. The lowest BCUT2D eigenvalue weighted by Crippen LogP contribution is -2.27. The quantitative estimate of drug-likeness (QED) is 0.716. The van der Waals surface area contributed by atoms with E-state index >= 15 is 0 Å². The van der Waals surface area contributed by atoms with Gasteiger partial charge in [-0.05, 0) is 18.4 Å². The Morgan fingerprint density at radius 2 is 2.00 bits per heavy atom. The molecule has 1 aromatic rings. The van der Waals surface area contributed by atoms with Crippen LogP contribution in [0.5, 0.6) is 0 Å². The lowest BCUT2D eigenvalue weighted by Gasteiger charge is -2.20. The zero-order chi connectivity index (χ0) is 13.3. The van der Waals surface area contributed by atoms with Crippen molar-refractivity contribution in [1.29, 1.82) is 0 Å². The Morgan fingerprint density at radius 3 is 2.68 bits per heavy atom. The van der Waals surface area contributed by atoms with Crippen molar-refractivity contribution in [3.63, 3.8) is 0 Å². The first-order chi connectivity index (χ1) is 9.40. The summed E-state index contributed by atoms with van der Waals surface area (Å²) in [6.45, 7) is 3.26. The molecule has 2 heteroatoms. The van der Waals surface area contributed by atoms with Crippen LogP contribution in [0.25, 0.3) is 0 Å². The minimum atomic E-state index is 0.440. The van der Waals surface area contributed by atoms with E-state index in [0.717, 1.165) is 13.0 Å². The van der Waals surface area contributed by atoms with Crippen molar-refractivity contribution in [3.8, 4) is 0 Å². The van der Waals surface area contributed by atoms with Crippen LogP contribution in [0.3, 0.4) is 0 Å². The molecule has 1 aliphatic heterocycles. The number of nitrogens with zero attached hydrogens (tertiary/aromatic N) is 1. The largest absolute Gasteiger partial charge is 0.367 e. The normalized spacial score (nSPS) is 16.2. The summed E-state index contributed by atoms with van der Waals surface area (Å²) in [4.78, 5) is 4.55. The topological polar surface area (TPSA) is 24.4 Å². The summed E-state index contributed by atoms with van der Waals surface area (Å²) in [5.41, 5.74) is 1.40. The SMILES string of the molecule is CCCCCCC(NC1=NCCC1)c1ccccc1. The van der Waals surface area contributed by atoms with Crippen molar-refractivity contribution in [2.24, 2.45) is 4.99 Å². The van der Waals surface area contributed by atoms with E-state index in [2.05, 4.69) is 47.6 Å². The van der Waals surface area contributed by atoms with Gasteiger partial charge in [0.2, 0.25) is 0 Å². The van der Waals surface area contributed by atoms with E-state index in [1.807, 2.05) is 0 Å². The van der Waals surface area contributed by atoms with Crippen molar-refractivity contribution < 1.29 is 0 Å². The predicted octanol–water partition coefficient (Wildman–Crippen LogP) is 4.48. The lowest BCUT2D eigenvalue weighted by molar-refractivity contribution is 0.530. The number of nitrogens with one attached hydrogen (secondary N) is 1. The van der Waals surface area contributed by atoms with Gasteiger partial charge in [0.1, 0.15) is 0 Å². The average molecular weight is 258 g/mol. The van der Waals surface area contributed by atoms with E-state index in [1.54, 1.807) is 0 Å². The molecule has 1 atom stereocenters. The van der Waals surface area contributed by atoms with Crippen LogP contribution in [0.2, 0.25) is 0 Å². The zero-order valence-electron chi connectivity index (χ0n) is 12.1. The Morgan fingerprint density at radius 1 is 1.16 bits per heavy atom. The molecule has 1 aromatic carbocycles. The van der Waals surface area contributed by atoms with Crippen LogP contribution in [-0.2, 0) is 0 Å². The number of unbranched alkanes of at least 4 members (excludes halogenated alkanes) is 3. The summed E-state index contributed by atoms with van der Waals surface area (Å²) in [6, 6.07) is 11.2. The molecular weight excluding hydrogens is 232 g/mol. The molecule has 1 unspecified atom stereocenters. The fourth-order valence-electron chi connectivity index (χ4n) is 2.64. The molecule has 1 aliphatic rings. The van der Waals surface area contributed by atoms with Crippen LogP contribution >= 0.6 is 0 Å². The smallest absolute Gasteiger partial charge is 0.0968 e. The van der Waals surface area contributed by atoms with Gasteiger partial charge in [-0.15, -0.1) is 0 Å². The van der Waals surface area contributed by atoms with Crippen LogP contribution < -0.4 is 5.32 Å². The first-order valence-corrected chi connectivity index (χ1v) is 7.75. The van der Waals surface area contributed by atoms with Crippen LogP contribution in [-0.4, -0.2) is 12.4 Å². The molecule has 0 fully saturated rings. The molecule has 2 nitrogen and oxygen atoms in total. The average Bonchev–Trinajstić information content (AvgIpc) is 2.96. The molecule has 0 saturated heterocycles. The molecule has 2 rings (SSSR count). The molecule has 0 aliphatic carbocycles. The van der Waals surface area contributed by atoms with E-state index in [4.69, 9.17) is 0 Å². The Balaban J connectivity index is 1.92. The van der Waals surface area contributed by atoms with Gasteiger partial charge in [0.15, 0.2) is 0 Å². The molecule has 0 amide bonds. The minimum absolute atomic E-state index is 0.440. The van der Waals surface area contributed by atoms with Gasteiger partial charge in [-0.3, -0.25) is 4.99 Å². The third-order valence-electron chi connectivity index (χ3n) is 3.76. The fourth-order valence-corrected chi connectivity index (χ4v) is 2.64. The van der Waals surface area contributed by atoms with E-state index in [-0.39, 0.29) is 0 Å². The number of benzene rings is 1. The number of rotatable bonds is 7. The molecule has 104 valence electrons. The van der Waals surface area contributed by atoms with Gasteiger partial charge < -0.3 is 5.32 Å². The summed E-state index contributed by atoms with van der Waals surface area (Å²) in [5.74, 6) is 1.21. The first-order valence-electron chi connectivity index (χ1n) is 7.75. The van der Waals surface area contributed by atoms with Crippen molar-refractivity contribution in [3.05, 3.63) is 35.9 Å². The van der Waals surface area contributed by atoms with Gasteiger partial charge in [0, 0.05) is 13.0 Å². The van der Waals surface area contributed by atoms with E-state index in [9.17, 15) is 0 Å². The molecule has 0 saturated carbocycles. The van der Waals surface area contributed by atoms with Crippen LogP contribution in [0.4, 0.5) is 0 Å². The van der Waals surface area contributed by atoms with Gasteiger partial charge in [0.25, 0.3) is 0 Å². The second-order valence-corrected chi connectivity index (χ2v) is 5.39. The Hall–Kier alpha value is -1.31. The van der Waals surface area contributed by atoms with Crippen LogP contribution in [0.1, 0.15) is 63.5 Å². The number of amidine groups is 1. The fraction of sp³-hybridized carbons (Fsp3) is 0.588. The number of aliphatic imine (C=N–C) groups is 1. The summed E-state index contributed by atoms with van der Waals surface area (Å²) in [6.07, 6.45) is 8.83. The highest BCUT2D eigenvalue weighted by atomic mass is 15.0. The Bertz CT molecular complexity index is 384. The molecule has 19 heavy (non-hydrogen) atoms. The summed E-state index contributed by atoms with van der Waals surface area (Å²) < 4.78 is 0. The van der Waals surface area contributed by atoms with Crippen molar-refractivity contribution in [2.75, 3.05) is 6.54 Å². The molecule has 1 N–H and O–H groups in total. The summed E-state index contributed by atoms with van der Waals surface area (Å²) >= 11 is 0. The van der Waals surface area contributed by atoms with Crippen LogP contribution in [0.15, 0.2) is 35.3 Å². The molecule has 0 aromatic heterocycles. The minimum Gasteiger partial charge on any atom is -0.367 e. The molecule has 0 radical (unpaired) electrons. The Labute approximate surface area is 117 Å². The number of hydrogen-bond acceptors (Lipinski definition) is 2. The summed E-state index contributed by atoms with van der Waals surface area (Å²) in [5, 5.41) is 3.66. The second-order valence-electron chi connectivity index (χ2n) is 5.39. The Kier molecular flexibility index (Phi) is 5.93. The second kappa shape index (κ2) is 7.98. The number of hydrogen-bond donors (Lipinski definition) is 1. The van der Waals surface area contributed by atoms with E-state index < -0.39 is 0 Å². The van der Waals surface area contributed by atoms with Crippen LogP contribution in [0, 0.1) is 0 Å². The van der Waals surface area contributed by atoms with Crippen molar-refractivity contribution in [2.45, 2.75) is 57.9 Å². The molecular formula is C17H26N2. The maximum atomic E-state index is 4.55. The first kappa shape index (κ1) is 14.1. The molecule has 1 heterocycles.